The van der Waals surface area contributed by atoms with Gasteiger partial charge in [-0.25, -0.2) is 0 Å². The Kier molecular flexibility index (Phi) is 7.67. The fourth-order valence-corrected chi connectivity index (χ4v) is 6.44. The molecule has 2 fully saturated rings. The molecule has 1 aliphatic carbocycles. The number of fused-ring (bicyclic) bond motifs is 1. The SMILES string of the molecule is C=C[C@@]1(COC(c2ccccc2)(c2ccccc2)c2ccccc2)C[C@H](OS(=O)(=O)C(F)(F)F)[C@@H]2OC(C)(C)O[C@@H]21. The zero-order valence-corrected chi connectivity index (χ0v) is 23.4. The van der Waals surface area contributed by atoms with Crippen LogP contribution in [0.5, 0.6) is 0 Å². The topological polar surface area (TPSA) is 71.1 Å². The third kappa shape index (κ3) is 5.35. The van der Waals surface area contributed by atoms with Crippen LogP contribution in [-0.4, -0.2) is 44.6 Å². The minimum Gasteiger partial charge on any atom is -0.360 e. The van der Waals surface area contributed by atoms with Crippen molar-refractivity contribution in [2.75, 3.05) is 6.61 Å². The summed E-state index contributed by atoms with van der Waals surface area (Å²) in [4.78, 5) is 0. The minimum atomic E-state index is -5.90. The Labute approximate surface area is 237 Å². The molecular formula is C31H31F3O6S. The first-order valence-corrected chi connectivity index (χ1v) is 14.5. The largest absolute Gasteiger partial charge is 0.523 e. The summed E-state index contributed by atoms with van der Waals surface area (Å²) in [5, 5.41) is 0. The fraction of sp³-hybridized carbons (Fsp3) is 0.355. The van der Waals surface area contributed by atoms with Crippen molar-refractivity contribution in [3.8, 4) is 0 Å². The van der Waals surface area contributed by atoms with Crippen LogP contribution in [0, 0.1) is 5.41 Å². The molecule has 3 aromatic carbocycles. The van der Waals surface area contributed by atoms with Gasteiger partial charge in [-0.3, -0.25) is 4.18 Å². The van der Waals surface area contributed by atoms with E-state index < -0.39 is 50.7 Å². The molecule has 1 saturated carbocycles. The molecule has 0 radical (unpaired) electrons. The first-order valence-electron chi connectivity index (χ1n) is 13.1. The Hall–Kier alpha value is -3.02. The highest BCUT2D eigenvalue weighted by Gasteiger charge is 2.64. The number of alkyl halides is 3. The van der Waals surface area contributed by atoms with E-state index in [1.807, 2.05) is 91.0 Å². The maximum Gasteiger partial charge on any atom is 0.523 e. The van der Waals surface area contributed by atoms with E-state index in [4.69, 9.17) is 18.4 Å². The maximum atomic E-state index is 13.3. The van der Waals surface area contributed by atoms with Gasteiger partial charge >= 0.3 is 15.6 Å². The van der Waals surface area contributed by atoms with Crippen molar-refractivity contribution >= 4 is 10.1 Å². The highest BCUT2D eigenvalue weighted by Crippen LogP contribution is 2.53. The Morgan fingerprint density at radius 1 is 0.878 bits per heavy atom. The Morgan fingerprint density at radius 2 is 1.34 bits per heavy atom. The molecule has 5 rings (SSSR count). The van der Waals surface area contributed by atoms with Gasteiger partial charge in [0.15, 0.2) is 5.79 Å². The van der Waals surface area contributed by atoms with Gasteiger partial charge in [0.25, 0.3) is 0 Å². The maximum absolute atomic E-state index is 13.3. The van der Waals surface area contributed by atoms with Crippen molar-refractivity contribution in [1.29, 1.82) is 0 Å². The highest BCUT2D eigenvalue weighted by atomic mass is 32.2. The molecule has 1 saturated heterocycles. The van der Waals surface area contributed by atoms with Crippen LogP contribution in [0.2, 0.25) is 0 Å². The van der Waals surface area contributed by atoms with Crippen LogP contribution in [0.15, 0.2) is 104 Å². The van der Waals surface area contributed by atoms with Crippen molar-refractivity contribution in [1.82, 2.24) is 0 Å². The van der Waals surface area contributed by atoms with E-state index in [-0.39, 0.29) is 13.0 Å². The lowest BCUT2D eigenvalue weighted by Gasteiger charge is -2.40. The lowest BCUT2D eigenvalue weighted by Crippen LogP contribution is -2.42. The molecule has 3 aromatic rings. The molecule has 218 valence electrons. The van der Waals surface area contributed by atoms with E-state index >= 15 is 0 Å². The van der Waals surface area contributed by atoms with Crippen LogP contribution in [-0.2, 0) is 34.1 Å². The molecular weight excluding hydrogens is 557 g/mol. The molecule has 41 heavy (non-hydrogen) atoms. The predicted molar refractivity (Wildman–Crippen MR) is 146 cm³/mol. The monoisotopic (exact) mass is 588 g/mol. The van der Waals surface area contributed by atoms with Crippen LogP contribution < -0.4 is 0 Å². The normalized spacial score (nSPS) is 26.0. The average Bonchev–Trinajstić information content (AvgIpc) is 3.41. The molecule has 0 aromatic heterocycles. The average molecular weight is 589 g/mol. The van der Waals surface area contributed by atoms with Gasteiger partial charge in [-0.15, -0.1) is 6.58 Å². The highest BCUT2D eigenvalue weighted by molar-refractivity contribution is 7.87. The van der Waals surface area contributed by atoms with Crippen molar-refractivity contribution < 1.29 is 40.0 Å². The number of halogens is 3. The summed E-state index contributed by atoms with van der Waals surface area (Å²) < 4.78 is 87.7. The molecule has 0 spiro atoms. The number of ether oxygens (including phenoxy) is 3. The van der Waals surface area contributed by atoms with Crippen LogP contribution in [0.1, 0.15) is 37.0 Å². The van der Waals surface area contributed by atoms with Gasteiger partial charge in [0, 0.05) is 5.41 Å². The second kappa shape index (κ2) is 10.7. The second-order valence-corrected chi connectivity index (χ2v) is 12.3. The Bertz CT molecular complexity index is 1370. The van der Waals surface area contributed by atoms with Gasteiger partial charge in [0.1, 0.15) is 23.9 Å². The lowest BCUT2D eigenvalue weighted by molar-refractivity contribution is -0.176. The molecule has 2 aliphatic rings. The smallest absolute Gasteiger partial charge is 0.360 e. The number of hydrogen-bond acceptors (Lipinski definition) is 6. The Balaban J connectivity index is 1.60. The third-order valence-electron chi connectivity index (χ3n) is 7.68. The number of benzene rings is 3. The summed E-state index contributed by atoms with van der Waals surface area (Å²) in [6.45, 7) is 7.10. The van der Waals surface area contributed by atoms with Crippen molar-refractivity contribution in [2.24, 2.45) is 5.41 Å². The van der Waals surface area contributed by atoms with E-state index in [2.05, 4.69) is 6.58 Å². The predicted octanol–water partition coefficient (Wildman–Crippen LogP) is 6.33. The fourth-order valence-electron chi connectivity index (χ4n) is 5.83. The standard InChI is InChI=1S/C31H31F3O6S/c1-4-29(20-25(40-41(35,36)31(32,33)34)26-27(29)39-28(2,3)38-26)21-37-30(22-14-8-5-9-15-22,23-16-10-6-11-17-23)24-18-12-7-13-19-24/h4-19,25-27H,1,20-21H2,2-3H3/t25-,26-,27-,29-/m0/s1. The van der Waals surface area contributed by atoms with E-state index in [0.717, 1.165) is 16.7 Å². The summed E-state index contributed by atoms with van der Waals surface area (Å²) in [5.41, 5.74) is -5.42. The van der Waals surface area contributed by atoms with E-state index in [1.54, 1.807) is 19.9 Å². The van der Waals surface area contributed by atoms with Gasteiger partial charge in [0.05, 0.1) is 6.61 Å². The molecule has 1 heterocycles. The van der Waals surface area contributed by atoms with E-state index in [1.165, 1.54) is 0 Å². The summed E-state index contributed by atoms with van der Waals surface area (Å²) in [6.07, 6.45) is -2.11. The van der Waals surface area contributed by atoms with Crippen LogP contribution in [0.3, 0.4) is 0 Å². The van der Waals surface area contributed by atoms with Gasteiger partial charge in [-0.1, -0.05) is 97.1 Å². The van der Waals surface area contributed by atoms with Crippen molar-refractivity contribution in [2.45, 2.75) is 55.5 Å². The first-order chi connectivity index (χ1) is 19.3. The molecule has 6 nitrogen and oxygen atoms in total. The number of rotatable bonds is 9. The molecule has 0 N–H and O–H groups in total. The zero-order valence-electron chi connectivity index (χ0n) is 22.6. The third-order valence-corrected chi connectivity index (χ3v) is 8.75. The molecule has 0 unspecified atom stereocenters. The molecule has 0 bridgehead atoms. The minimum absolute atomic E-state index is 0.0955. The van der Waals surface area contributed by atoms with Crippen LogP contribution >= 0.6 is 0 Å². The Morgan fingerprint density at radius 3 is 1.76 bits per heavy atom. The van der Waals surface area contributed by atoms with Gasteiger partial charge in [-0.05, 0) is 37.0 Å². The molecule has 1 aliphatic heterocycles. The van der Waals surface area contributed by atoms with Gasteiger partial charge in [0.2, 0.25) is 0 Å². The zero-order chi connectivity index (χ0) is 29.5. The van der Waals surface area contributed by atoms with Crippen molar-refractivity contribution in [3.63, 3.8) is 0 Å². The van der Waals surface area contributed by atoms with Crippen molar-refractivity contribution in [3.05, 3.63) is 120 Å². The second-order valence-electron chi connectivity index (χ2n) is 10.8. The summed E-state index contributed by atoms with van der Waals surface area (Å²) in [6, 6.07) is 28.7. The van der Waals surface area contributed by atoms with E-state index in [0.29, 0.717) is 0 Å². The van der Waals surface area contributed by atoms with Crippen LogP contribution in [0.4, 0.5) is 13.2 Å². The summed E-state index contributed by atoms with van der Waals surface area (Å²) in [5.74, 6) is -1.21. The summed E-state index contributed by atoms with van der Waals surface area (Å²) in [7, 11) is -5.90. The van der Waals surface area contributed by atoms with Crippen LogP contribution in [0.25, 0.3) is 0 Å². The quantitative estimate of drug-likeness (QED) is 0.126. The first kappa shape index (κ1) is 29.5. The molecule has 4 atom stereocenters. The molecule has 0 amide bonds. The van der Waals surface area contributed by atoms with E-state index in [9.17, 15) is 21.6 Å². The van der Waals surface area contributed by atoms with Gasteiger partial charge in [-0.2, -0.15) is 21.6 Å². The number of hydrogen-bond donors (Lipinski definition) is 0. The molecule has 10 heteroatoms. The summed E-state index contributed by atoms with van der Waals surface area (Å²) >= 11 is 0. The lowest BCUT2D eigenvalue weighted by atomic mass is 9.79. The van der Waals surface area contributed by atoms with Gasteiger partial charge < -0.3 is 14.2 Å².